The van der Waals surface area contributed by atoms with Gasteiger partial charge in [0, 0.05) is 5.56 Å². The summed E-state index contributed by atoms with van der Waals surface area (Å²) >= 11 is 2.13. The molecule has 4 aliphatic carbocycles. The second-order valence-electron chi connectivity index (χ2n) is 12.5. The lowest BCUT2D eigenvalue weighted by atomic mass is 9.48. The van der Waals surface area contributed by atoms with Gasteiger partial charge in [0.1, 0.15) is 17.9 Å². The molecule has 4 saturated carbocycles. The Hall–Kier alpha value is -3.97. The van der Waals surface area contributed by atoms with Crippen molar-refractivity contribution in [2.24, 2.45) is 17.8 Å². The number of nitrogens with one attached hydrogen (secondary N) is 1. The van der Waals surface area contributed by atoms with E-state index in [1.165, 1.54) is 50.2 Å². The molecule has 0 spiro atoms. The average Bonchev–Trinajstić information content (AvgIpc) is 2.98. The number of benzene rings is 3. The van der Waals surface area contributed by atoms with Crippen molar-refractivity contribution in [3.05, 3.63) is 98.1 Å². The first-order valence-corrected chi connectivity index (χ1v) is 15.8. The summed E-state index contributed by atoms with van der Waals surface area (Å²) in [5.41, 5.74) is 3.82. The summed E-state index contributed by atoms with van der Waals surface area (Å²) in [6.45, 7) is 0.236. The molecule has 0 unspecified atom stereocenters. The summed E-state index contributed by atoms with van der Waals surface area (Å²) in [5.74, 6) is 1.71. The second kappa shape index (κ2) is 10.9. The first-order valence-electron chi connectivity index (χ1n) is 14.7. The Labute approximate surface area is 264 Å². The van der Waals surface area contributed by atoms with E-state index >= 15 is 0 Å². The first-order chi connectivity index (χ1) is 20.8. The van der Waals surface area contributed by atoms with Crippen molar-refractivity contribution in [3.8, 4) is 11.8 Å². The van der Waals surface area contributed by atoms with Gasteiger partial charge in [-0.15, -0.1) is 0 Å². The van der Waals surface area contributed by atoms with Gasteiger partial charge in [0.25, 0.3) is 11.8 Å². The molecule has 3 aromatic rings. The summed E-state index contributed by atoms with van der Waals surface area (Å²) in [5, 5.41) is 11.7. The number of nitrogens with zero attached hydrogens (tertiary/aromatic N) is 2. The van der Waals surface area contributed by atoms with Crippen LogP contribution in [0.5, 0.6) is 5.75 Å². The molecule has 3 aromatic carbocycles. The number of nitriles is 1. The Bertz CT molecular complexity index is 1690. The number of halogens is 1. The molecule has 216 valence electrons. The van der Waals surface area contributed by atoms with Gasteiger partial charge in [-0.3, -0.25) is 14.9 Å². The van der Waals surface area contributed by atoms with E-state index in [2.05, 4.69) is 46.1 Å². The number of amides is 4. The average molecular weight is 684 g/mol. The van der Waals surface area contributed by atoms with Crippen LogP contribution in [0.25, 0.3) is 6.08 Å². The lowest BCUT2D eigenvalue weighted by Gasteiger charge is -2.57. The quantitative estimate of drug-likeness (QED) is 0.174. The van der Waals surface area contributed by atoms with Crippen molar-refractivity contribution in [1.29, 1.82) is 5.26 Å². The fraction of sp³-hybridized carbons (Fsp3) is 0.314. The summed E-state index contributed by atoms with van der Waals surface area (Å²) < 4.78 is 6.73. The smallest absolute Gasteiger partial charge is 0.335 e. The van der Waals surface area contributed by atoms with Crippen LogP contribution in [0, 0.1) is 32.7 Å². The summed E-state index contributed by atoms with van der Waals surface area (Å²) in [7, 11) is 0. The minimum atomic E-state index is -0.745. The summed E-state index contributed by atoms with van der Waals surface area (Å²) in [4.78, 5) is 40.2. The minimum Gasteiger partial charge on any atom is -0.488 e. The highest BCUT2D eigenvalue weighted by Crippen LogP contribution is 2.60. The zero-order valence-corrected chi connectivity index (χ0v) is 25.7. The molecule has 5 aliphatic rings. The molecule has 1 heterocycles. The number of urea groups is 1. The molecular weight excluding hydrogens is 653 g/mol. The zero-order valence-electron chi connectivity index (χ0n) is 23.5. The van der Waals surface area contributed by atoms with E-state index in [-0.39, 0.29) is 17.6 Å². The Balaban J connectivity index is 1.10. The lowest BCUT2D eigenvalue weighted by Crippen LogP contribution is -2.54. The van der Waals surface area contributed by atoms with Gasteiger partial charge >= 0.3 is 6.03 Å². The number of hydrogen-bond acceptors (Lipinski definition) is 5. The standard InChI is InChI=1S/C35H30IN3O4/c36-30-15-21(5-10-31(30)43-20-26-4-2-1-3-25(26)19-37)14-29-32(40)38-34(42)39(33(29)41)28-8-6-27(7-9-28)35-16-22-11-23(17-35)13-24(12-22)18-35/h1-10,14-15,22-24H,11-13,16-18,20H2,(H,38,40,42)/b29-14+. The highest BCUT2D eigenvalue weighted by molar-refractivity contribution is 14.1. The number of imide groups is 2. The van der Waals surface area contributed by atoms with E-state index in [4.69, 9.17) is 4.74 Å². The van der Waals surface area contributed by atoms with Crippen LogP contribution in [0.3, 0.4) is 0 Å². The maximum Gasteiger partial charge on any atom is 0.335 e. The fourth-order valence-corrected chi connectivity index (χ4v) is 8.82. The number of carbonyl (C=O) groups excluding carboxylic acids is 3. The van der Waals surface area contributed by atoms with Crippen LogP contribution in [0.15, 0.2) is 72.3 Å². The highest BCUT2D eigenvalue weighted by atomic mass is 127. The highest BCUT2D eigenvalue weighted by Gasteiger charge is 2.51. The topological polar surface area (TPSA) is 99.5 Å². The van der Waals surface area contributed by atoms with Crippen molar-refractivity contribution in [1.82, 2.24) is 5.32 Å². The number of barbiturate groups is 1. The largest absolute Gasteiger partial charge is 0.488 e. The van der Waals surface area contributed by atoms with E-state index in [9.17, 15) is 19.6 Å². The van der Waals surface area contributed by atoms with E-state index in [0.29, 0.717) is 22.6 Å². The SMILES string of the molecule is N#Cc1ccccc1COc1ccc(/C=C2\C(=O)NC(=O)N(c3ccc(C45CC6CC(CC(C6)C4)C5)cc3)C2=O)cc1I. The monoisotopic (exact) mass is 683 g/mol. The maximum absolute atomic E-state index is 13.6. The second-order valence-corrected chi connectivity index (χ2v) is 13.6. The Morgan fingerprint density at radius 2 is 1.63 bits per heavy atom. The predicted molar refractivity (Wildman–Crippen MR) is 170 cm³/mol. The van der Waals surface area contributed by atoms with Gasteiger partial charge in [-0.05, 0) is 132 Å². The third-order valence-electron chi connectivity index (χ3n) is 9.67. The van der Waals surface area contributed by atoms with Gasteiger partial charge in [0.15, 0.2) is 0 Å². The minimum absolute atomic E-state index is 0.114. The van der Waals surface area contributed by atoms with Crippen LogP contribution in [-0.2, 0) is 21.6 Å². The molecule has 5 fully saturated rings. The van der Waals surface area contributed by atoms with Crippen LogP contribution >= 0.6 is 22.6 Å². The molecule has 0 aromatic heterocycles. The molecule has 43 heavy (non-hydrogen) atoms. The Kier molecular flexibility index (Phi) is 7.08. The van der Waals surface area contributed by atoms with Gasteiger partial charge in [0.2, 0.25) is 0 Å². The van der Waals surface area contributed by atoms with Crippen LogP contribution in [-0.4, -0.2) is 17.8 Å². The van der Waals surface area contributed by atoms with Gasteiger partial charge < -0.3 is 4.74 Å². The molecule has 1 N–H and O–H groups in total. The first kappa shape index (κ1) is 27.8. The van der Waals surface area contributed by atoms with E-state index in [1.54, 1.807) is 24.3 Å². The Morgan fingerprint density at radius 3 is 2.28 bits per heavy atom. The molecule has 8 heteroatoms. The molecule has 0 radical (unpaired) electrons. The summed E-state index contributed by atoms with van der Waals surface area (Å²) in [6, 6.07) is 21.9. The van der Waals surface area contributed by atoms with Gasteiger partial charge in [0.05, 0.1) is 20.9 Å². The molecule has 8 rings (SSSR count). The van der Waals surface area contributed by atoms with E-state index < -0.39 is 17.8 Å². The molecule has 1 aliphatic heterocycles. The number of rotatable bonds is 6. The van der Waals surface area contributed by atoms with Gasteiger partial charge in [-0.1, -0.05) is 36.4 Å². The molecular formula is C35H30IN3O4. The van der Waals surface area contributed by atoms with E-state index in [1.807, 2.05) is 30.3 Å². The third-order valence-corrected chi connectivity index (χ3v) is 10.5. The van der Waals surface area contributed by atoms with E-state index in [0.717, 1.165) is 31.8 Å². The van der Waals surface area contributed by atoms with Crippen molar-refractivity contribution in [2.45, 2.75) is 50.5 Å². The predicted octanol–water partition coefficient (Wildman–Crippen LogP) is 6.88. The molecule has 1 saturated heterocycles. The summed E-state index contributed by atoms with van der Waals surface area (Å²) in [6.07, 6.45) is 9.31. The van der Waals surface area contributed by atoms with Crippen molar-refractivity contribution in [2.75, 3.05) is 4.90 Å². The molecule has 4 amide bonds. The van der Waals surface area contributed by atoms with Gasteiger partial charge in [-0.2, -0.15) is 5.26 Å². The molecule has 7 nitrogen and oxygen atoms in total. The number of carbonyl (C=O) groups is 3. The zero-order chi connectivity index (χ0) is 29.7. The normalized spacial score (nSPS) is 26.9. The Morgan fingerprint density at radius 1 is 0.953 bits per heavy atom. The third kappa shape index (κ3) is 5.14. The number of hydrogen-bond donors (Lipinski definition) is 1. The van der Waals surface area contributed by atoms with Crippen LogP contribution in [0.2, 0.25) is 0 Å². The van der Waals surface area contributed by atoms with Crippen LogP contribution < -0.4 is 15.0 Å². The van der Waals surface area contributed by atoms with Gasteiger partial charge in [-0.25, -0.2) is 9.69 Å². The van der Waals surface area contributed by atoms with Crippen molar-refractivity contribution >= 4 is 52.2 Å². The molecule has 0 atom stereocenters. The maximum atomic E-state index is 13.6. The van der Waals surface area contributed by atoms with Crippen molar-refractivity contribution < 1.29 is 19.1 Å². The van der Waals surface area contributed by atoms with Crippen LogP contribution in [0.4, 0.5) is 10.5 Å². The van der Waals surface area contributed by atoms with Crippen molar-refractivity contribution in [3.63, 3.8) is 0 Å². The number of anilines is 1. The fourth-order valence-electron chi connectivity index (χ4n) is 8.12. The number of ether oxygens (including phenoxy) is 1. The lowest BCUT2D eigenvalue weighted by molar-refractivity contribution is -0.122. The molecule has 4 bridgehead atoms. The van der Waals surface area contributed by atoms with Crippen LogP contribution in [0.1, 0.15) is 60.8 Å².